The van der Waals surface area contributed by atoms with Crippen molar-refractivity contribution < 1.29 is 4.92 Å². The minimum Gasteiger partial charge on any atom is -0.310 e. The highest BCUT2D eigenvalue weighted by atomic mass is 35.5. The molecule has 0 aliphatic heterocycles. The number of benzene rings is 1. The van der Waals surface area contributed by atoms with E-state index in [1.165, 1.54) is 31.4 Å². The molecule has 0 spiro atoms. The number of hydrogen-bond donors (Lipinski definition) is 1. The second kappa shape index (κ2) is 6.59. The van der Waals surface area contributed by atoms with Crippen molar-refractivity contribution in [3.05, 3.63) is 38.9 Å². The number of thioether (sulfide) groups is 1. The third kappa shape index (κ3) is 3.84. The van der Waals surface area contributed by atoms with Crippen LogP contribution in [0.1, 0.15) is 24.8 Å². The quantitative estimate of drug-likeness (QED) is 0.666. The zero-order valence-electron chi connectivity index (χ0n) is 10.8. The molecule has 104 valence electrons. The van der Waals surface area contributed by atoms with Crippen LogP contribution in [0.4, 0.5) is 5.69 Å². The van der Waals surface area contributed by atoms with Crippen molar-refractivity contribution in [1.82, 2.24) is 5.32 Å². The molecule has 1 N–H and O–H groups in total. The van der Waals surface area contributed by atoms with E-state index in [4.69, 9.17) is 11.6 Å². The molecular weight excluding hydrogens is 284 g/mol. The summed E-state index contributed by atoms with van der Waals surface area (Å²) in [5, 5.41) is 15.3. The van der Waals surface area contributed by atoms with Crippen LogP contribution in [0.2, 0.25) is 5.02 Å². The molecule has 6 heteroatoms. The molecule has 1 aliphatic carbocycles. The molecule has 19 heavy (non-hydrogen) atoms. The number of rotatable bonds is 5. The van der Waals surface area contributed by atoms with E-state index >= 15 is 0 Å². The van der Waals surface area contributed by atoms with Gasteiger partial charge in [-0.25, -0.2) is 0 Å². The Morgan fingerprint density at radius 1 is 1.53 bits per heavy atom. The molecule has 0 bridgehead atoms. The fourth-order valence-corrected chi connectivity index (χ4v) is 3.43. The average Bonchev–Trinajstić information content (AvgIpc) is 2.85. The first-order valence-corrected chi connectivity index (χ1v) is 7.95. The van der Waals surface area contributed by atoms with E-state index in [1.807, 2.05) is 11.8 Å². The summed E-state index contributed by atoms with van der Waals surface area (Å²) < 4.78 is 0. The molecule has 1 aromatic carbocycles. The summed E-state index contributed by atoms with van der Waals surface area (Å²) in [7, 11) is 0. The Morgan fingerprint density at radius 3 is 2.89 bits per heavy atom. The fraction of sp³-hybridized carbons (Fsp3) is 0.538. The monoisotopic (exact) mass is 300 g/mol. The summed E-state index contributed by atoms with van der Waals surface area (Å²) in [5.41, 5.74) is 0.955. The van der Waals surface area contributed by atoms with E-state index in [9.17, 15) is 10.1 Å². The summed E-state index contributed by atoms with van der Waals surface area (Å²) in [6.45, 7) is 0.669. The number of non-ortho nitro benzene ring substituents is 1. The second-order valence-electron chi connectivity index (χ2n) is 4.78. The summed E-state index contributed by atoms with van der Waals surface area (Å²) in [5.74, 6) is 0. The molecule has 2 unspecified atom stereocenters. The summed E-state index contributed by atoms with van der Waals surface area (Å²) in [4.78, 5) is 10.2. The Bertz CT molecular complexity index is 470. The van der Waals surface area contributed by atoms with Crippen LogP contribution in [-0.2, 0) is 6.54 Å². The van der Waals surface area contributed by atoms with Crippen molar-refractivity contribution in [3.63, 3.8) is 0 Å². The first kappa shape index (κ1) is 14.6. The van der Waals surface area contributed by atoms with Gasteiger partial charge < -0.3 is 5.32 Å². The van der Waals surface area contributed by atoms with Gasteiger partial charge in [-0.3, -0.25) is 10.1 Å². The third-order valence-corrected chi connectivity index (χ3v) is 4.99. The predicted molar refractivity (Wildman–Crippen MR) is 79.9 cm³/mol. The van der Waals surface area contributed by atoms with Gasteiger partial charge in [-0.1, -0.05) is 11.6 Å². The van der Waals surface area contributed by atoms with Crippen molar-refractivity contribution in [2.75, 3.05) is 6.26 Å². The summed E-state index contributed by atoms with van der Waals surface area (Å²) >= 11 is 7.99. The van der Waals surface area contributed by atoms with Gasteiger partial charge in [-0.05, 0) is 37.1 Å². The first-order valence-electron chi connectivity index (χ1n) is 6.29. The second-order valence-corrected chi connectivity index (χ2v) is 6.33. The van der Waals surface area contributed by atoms with Crippen LogP contribution in [0.25, 0.3) is 0 Å². The normalized spacial score (nSPS) is 22.6. The zero-order valence-corrected chi connectivity index (χ0v) is 12.3. The van der Waals surface area contributed by atoms with Gasteiger partial charge in [0.1, 0.15) is 0 Å². The SMILES string of the molecule is CSC1CCC(NCc2ccc([N+](=O)[O-])cc2Cl)C1. The maximum absolute atomic E-state index is 10.6. The largest absolute Gasteiger partial charge is 0.310 e. The minimum atomic E-state index is -0.427. The lowest BCUT2D eigenvalue weighted by atomic mass is 10.2. The first-order chi connectivity index (χ1) is 9.10. The van der Waals surface area contributed by atoms with Crippen LogP contribution >= 0.6 is 23.4 Å². The van der Waals surface area contributed by atoms with Crippen LogP contribution in [0.15, 0.2) is 18.2 Å². The molecule has 2 rings (SSSR count). The lowest BCUT2D eigenvalue weighted by molar-refractivity contribution is -0.384. The molecule has 1 saturated carbocycles. The maximum atomic E-state index is 10.6. The van der Waals surface area contributed by atoms with Gasteiger partial charge in [0.15, 0.2) is 0 Å². The van der Waals surface area contributed by atoms with E-state index in [2.05, 4.69) is 11.6 Å². The molecule has 1 aliphatic rings. The highest BCUT2D eigenvalue weighted by Gasteiger charge is 2.23. The summed E-state index contributed by atoms with van der Waals surface area (Å²) in [6.07, 6.45) is 5.79. The minimum absolute atomic E-state index is 0.0389. The Kier molecular flexibility index (Phi) is 5.07. The maximum Gasteiger partial charge on any atom is 0.270 e. The van der Waals surface area contributed by atoms with E-state index in [0.29, 0.717) is 17.6 Å². The number of halogens is 1. The third-order valence-electron chi connectivity index (χ3n) is 3.55. The van der Waals surface area contributed by atoms with Gasteiger partial charge in [0, 0.05) is 30.0 Å². The molecule has 0 heterocycles. The zero-order chi connectivity index (χ0) is 13.8. The molecule has 1 aromatic rings. The lowest BCUT2D eigenvalue weighted by Crippen LogP contribution is -2.26. The Hall–Kier alpha value is -0.780. The molecular formula is C13H17ClN2O2S. The van der Waals surface area contributed by atoms with Crippen LogP contribution < -0.4 is 5.32 Å². The fourth-order valence-electron chi connectivity index (χ4n) is 2.39. The Labute approximate surface area is 122 Å². The molecule has 4 nitrogen and oxygen atoms in total. The van der Waals surface area contributed by atoms with Crippen LogP contribution in [0.3, 0.4) is 0 Å². The Balaban J connectivity index is 1.91. The number of nitro benzene ring substituents is 1. The molecule has 0 saturated heterocycles. The van der Waals surface area contributed by atoms with Crippen LogP contribution in [0, 0.1) is 10.1 Å². The van der Waals surface area contributed by atoms with E-state index in [-0.39, 0.29) is 5.69 Å². The van der Waals surface area contributed by atoms with Crippen molar-refractivity contribution in [2.24, 2.45) is 0 Å². The molecule has 0 radical (unpaired) electrons. The molecule has 2 atom stereocenters. The van der Waals surface area contributed by atoms with Crippen molar-refractivity contribution >= 4 is 29.1 Å². The standard InChI is InChI=1S/C13H17ClN2O2S/c1-19-12-5-3-10(6-12)15-8-9-2-4-11(16(17)18)7-13(9)14/h2,4,7,10,12,15H,3,5-6,8H2,1H3. The number of nitrogens with one attached hydrogen (secondary N) is 1. The highest BCUT2D eigenvalue weighted by molar-refractivity contribution is 7.99. The van der Waals surface area contributed by atoms with E-state index in [1.54, 1.807) is 6.07 Å². The van der Waals surface area contributed by atoms with Gasteiger partial charge in [-0.15, -0.1) is 0 Å². The summed E-state index contributed by atoms with van der Waals surface area (Å²) in [6, 6.07) is 5.18. The topological polar surface area (TPSA) is 55.2 Å². The smallest absolute Gasteiger partial charge is 0.270 e. The van der Waals surface area contributed by atoms with Crippen LogP contribution in [0.5, 0.6) is 0 Å². The number of hydrogen-bond acceptors (Lipinski definition) is 4. The van der Waals surface area contributed by atoms with Gasteiger partial charge in [0.05, 0.1) is 9.95 Å². The van der Waals surface area contributed by atoms with Gasteiger partial charge in [-0.2, -0.15) is 11.8 Å². The van der Waals surface area contributed by atoms with Gasteiger partial charge in [0.2, 0.25) is 0 Å². The average molecular weight is 301 g/mol. The van der Waals surface area contributed by atoms with E-state index < -0.39 is 4.92 Å². The van der Waals surface area contributed by atoms with E-state index in [0.717, 1.165) is 10.8 Å². The van der Waals surface area contributed by atoms with Crippen molar-refractivity contribution in [2.45, 2.75) is 37.1 Å². The predicted octanol–water partition coefficient (Wildman–Crippen LogP) is 3.62. The number of nitro groups is 1. The molecule has 1 fully saturated rings. The van der Waals surface area contributed by atoms with Gasteiger partial charge in [0.25, 0.3) is 5.69 Å². The highest BCUT2D eigenvalue weighted by Crippen LogP contribution is 2.29. The van der Waals surface area contributed by atoms with Crippen molar-refractivity contribution in [1.29, 1.82) is 0 Å². The van der Waals surface area contributed by atoms with Crippen molar-refractivity contribution in [3.8, 4) is 0 Å². The molecule has 0 aromatic heterocycles. The lowest BCUT2D eigenvalue weighted by Gasteiger charge is -2.13. The van der Waals surface area contributed by atoms with Crippen LogP contribution in [-0.4, -0.2) is 22.5 Å². The molecule has 0 amide bonds. The Morgan fingerprint density at radius 2 is 2.32 bits per heavy atom. The number of nitrogens with zero attached hydrogens (tertiary/aromatic N) is 1. The van der Waals surface area contributed by atoms with Gasteiger partial charge >= 0.3 is 0 Å².